The van der Waals surface area contributed by atoms with Crippen molar-refractivity contribution in [3.63, 3.8) is 0 Å². The minimum Gasteiger partial charge on any atom is -0.497 e. The van der Waals surface area contributed by atoms with Gasteiger partial charge in [0.2, 0.25) is 0 Å². The first-order chi connectivity index (χ1) is 19.8. The molecule has 214 valence electrons. The number of piperazine rings is 1. The second-order valence-corrected chi connectivity index (χ2v) is 13.1. The van der Waals surface area contributed by atoms with E-state index in [1.165, 1.54) is 5.56 Å². The summed E-state index contributed by atoms with van der Waals surface area (Å²) in [6, 6.07) is 17.8. The molecule has 2 aliphatic heterocycles. The van der Waals surface area contributed by atoms with Crippen molar-refractivity contribution in [2.45, 2.75) is 32.7 Å². The van der Waals surface area contributed by atoms with Gasteiger partial charge in [-0.1, -0.05) is 31.2 Å². The number of hydrogen-bond donors (Lipinski definition) is 0. The Balaban J connectivity index is 1.36. The second kappa shape index (κ2) is 10.8. The molecule has 0 bridgehead atoms. The van der Waals surface area contributed by atoms with Gasteiger partial charge in [0.25, 0.3) is 5.91 Å². The van der Waals surface area contributed by atoms with Crippen LogP contribution in [0, 0.1) is 6.92 Å². The molecule has 0 spiro atoms. The predicted molar refractivity (Wildman–Crippen MR) is 160 cm³/mol. The van der Waals surface area contributed by atoms with Gasteiger partial charge in [0.05, 0.1) is 47.0 Å². The van der Waals surface area contributed by atoms with E-state index in [4.69, 9.17) is 14.8 Å². The molecule has 2 aromatic carbocycles. The number of sulfone groups is 1. The van der Waals surface area contributed by atoms with Crippen LogP contribution >= 0.6 is 0 Å². The van der Waals surface area contributed by atoms with E-state index in [0.29, 0.717) is 47.5 Å². The van der Waals surface area contributed by atoms with E-state index in [2.05, 4.69) is 24.0 Å². The highest BCUT2D eigenvalue weighted by atomic mass is 32.2. The lowest BCUT2D eigenvalue weighted by Gasteiger charge is -2.36. The quantitative estimate of drug-likeness (QED) is 0.339. The Morgan fingerprint density at radius 3 is 2.34 bits per heavy atom. The molecule has 6 rings (SSSR count). The highest BCUT2D eigenvalue weighted by molar-refractivity contribution is 7.91. The predicted octanol–water partition coefficient (Wildman–Crippen LogP) is 4.30. The Morgan fingerprint density at radius 1 is 1.02 bits per heavy atom. The lowest BCUT2D eigenvalue weighted by Crippen LogP contribution is -2.48. The van der Waals surface area contributed by atoms with Gasteiger partial charge in [-0.3, -0.25) is 4.79 Å². The van der Waals surface area contributed by atoms with Gasteiger partial charge < -0.3 is 14.5 Å². The number of carbonyl (C=O) groups is 1. The highest BCUT2D eigenvalue weighted by Gasteiger charge is 2.33. The SMILES string of the molecule is CCc1ccc(-c2cc(C(=O)N3CCN(c4ccc(OC)cc4)CC3)c3c(C)nn(C4CCS(=O)(=O)C4)c3n2)cc1. The number of benzene rings is 2. The zero-order valence-corrected chi connectivity index (χ0v) is 24.5. The third kappa shape index (κ3) is 5.28. The molecule has 10 heteroatoms. The molecule has 9 nitrogen and oxygen atoms in total. The maximum absolute atomic E-state index is 14.1. The molecule has 4 aromatic rings. The van der Waals surface area contributed by atoms with E-state index < -0.39 is 9.84 Å². The first-order valence-corrected chi connectivity index (χ1v) is 16.0. The van der Waals surface area contributed by atoms with E-state index in [0.717, 1.165) is 36.5 Å². The number of hydrogen-bond acceptors (Lipinski definition) is 7. The molecule has 4 heterocycles. The fourth-order valence-electron chi connectivity index (χ4n) is 5.89. The fraction of sp³-hybridized carbons (Fsp3) is 0.387. The Labute approximate surface area is 240 Å². The molecular weight excluding hydrogens is 538 g/mol. The van der Waals surface area contributed by atoms with Gasteiger partial charge in [0.15, 0.2) is 15.5 Å². The minimum absolute atomic E-state index is 0.0386. The summed E-state index contributed by atoms with van der Waals surface area (Å²) in [5.41, 5.74) is 5.73. The summed E-state index contributed by atoms with van der Waals surface area (Å²) < 4.78 is 31.7. The third-order valence-electron chi connectivity index (χ3n) is 8.28. The second-order valence-electron chi connectivity index (χ2n) is 10.9. The number of anilines is 1. The lowest BCUT2D eigenvalue weighted by atomic mass is 10.0. The van der Waals surface area contributed by atoms with E-state index in [9.17, 15) is 13.2 Å². The van der Waals surface area contributed by atoms with Crippen molar-refractivity contribution in [3.05, 3.63) is 71.4 Å². The maximum Gasteiger partial charge on any atom is 0.254 e. The zero-order valence-electron chi connectivity index (χ0n) is 23.7. The van der Waals surface area contributed by atoms with Crippen LogP contribution in [0.25, 0.3) is 22.3 Å². The molecule has 1 unspecified atom stereocenters. The Morgan fingerprint density at radius 2 is 1.73 bits per heavy atom. The zero-order chi connectivity index (χ0) is 28.7. The van der Waals surface area contributed by atoms with Gasteiger partial charge in [0.1, 0.15) is 5.75 Å². The average Bonchev–Trinajstić information content (AvgIpc) is 3.54. The van der Waals surface area contributed by atoms with Crippen LogP contribution in [0.15, 0.2) is 54.6 Å². The summed E-state index contributed by atoms with van der Waals surface area (Å²) in [5.74, 6) is 0.938. The Kier molecular flexibility index (Phi) is 7.19. The van der Waals surface area contributed by atoms with Gasteiger partial charge in [-0.2, -0.15) is 5.10 Å². The fourth-order valence-corrected chi connectivity index (χ4v) is 7.59. The smallest absolute Gasteiger partial charge is 0.254 e. The summed E-state index contributed by atoms with van der Waals surface area (Å²) in [4.78, 5) is 23.3. The molecule has 1 atom stereocenters. The minimum atomic E-state index is -3.12. The summed E-state index contributed by atoms with van der Waals surface area (Å²) in [6.07, 6.45) is 1.42. The third-order valence-corrected chi connectivity index (χ3v) is 10.0. The number of fused-ring (bicyclic) bond motifs is 1. The molecular formula is C31H35N5O4S. The van der Waals surface area contributed by atoms with Crippen LogP contribution in [0.5, 0.6) is 5.75 Å². The monoisotopic (exact) mass is 573 g/mol. The van der Waals surface area contributed by atoms with Crippen LogP contribution in [-0.2, 0) is 16.3 Å². The van der Waals surface area contributed by atoms with Gasteiger partial charge in [-0.05, 0) is 55.7 Å². The van der Waals surface area contributed by atoms with E-state index in [1.807, 2.05) is 54.3 Å². The number of aryl methyl sites for hydroxylation is 2. The first-order valence-electron chi connectivity index (χ1n) is 14.1. The van der Waals surface area contributed by atoms with Crippen molar-refractivity contribution in [2.24, 2.45) is 0 Å². The van der Waals surface area contributed by atoms with Crippen molar-refractivity contribution in [3.8, 4) is 17.0 Å². The van der Waals surface area contributed by atoms with E-state index in [1.54, 1.807) is 11.8 Å². The summed E-state index contributed by atoms with van der Waals surface area (Å²) in [6.45, 7) is 6.59. The number of aromatic nitrogens is 3. The Bertz CT molecular complexity index is 1690. The van der Waals surface area contributed by atoms with Gasteiger partial charge in [0, 0.05) is 37.4 Å². The van der Waals surface area contributed by atoms with Crippen molar-refractivity contribution >= 4 is 32.5 Å². The molecule has 0 saturated carbocycles. The molecule has 2 aromatic heterocycles. The van der Waals surface area contributed by atoms with Crippen molar-refractivity contribution in [1.29, 1.82) is 0 Å². The Hall–Kier alpha value is -3.92. The number of methoxy groups -OCH3 is 1. The van der Waals surface area contributed by atoms with Crippen molar-refractivity contribution in [2.75, 3.05) is 49.7 Å². The number of carbonyl (C=O) groups excluding carboxylic acids is 1. The van der Waals surface area contributed by atoms with Gasteiger partial charge >= 0.3 is 0 Å². The topological polar surface area (TPSA) is 97.6 Å². The van der Waals surface area contributed by atoms with Crippen LogP contribution in [0.2, 0.25) is 0 Å². The molecule has 2 saturated heterocycles. The number of ether oxygens (including phenoxy) is 1. The average molecular weight is 574 g/mol. The highest BCUT2D eigenvalue weighted by Crippen LogP contribution is 2.33. The van der Waals surface area contributed by atoms with Gasteiger partial charge in [-0.15, -0.1) is 0 Å². The normalized spacial score (nSPS) is 18.7. The molecule has 0 radical (unpaired) electrons. The van der Waals surface area contributed by atoms with E-state index >= 15 is 0 Å². The van der Waals surface area contributed by atoms with Crippen molar-refractivity contribution in [1.82, 2.24) is 19.7 Å². The van der Waals surface area contributed by atoms with Crippen LogP contribution < -0.4 is 9.64 Å². The number of pyridine rings is 1. The van der Waals surface area contributed by atoms with Gasteiger partial charge in [-0.25, -0.2) is 18.1 Å². The number of amides is 1. The summed E-state index contributed by atoms with van der Waals surface area (Å²) in [5, 5.41) is 5.45. The standard InChI is InChI=1S/C31H35N5O4S/c1-4-22-5-7-23(8-6-22)28-19-27(29-21(2)33-36(30(29)32-28)25-13-18-41(38,39)20-25)31(37)35-16-14-34(15-17-35)24-9-11-26(40-3)12-10-24/h5-12,19,25H,4,13-18,20H2,1-3H3. The lowest BCUT2D eigenvalue weighted by molar-refractivity contribution is 0.0748. The summed E-state index contributed by atoms with van der Waals surface area (Å²) >= 11 is 0. The maximum atomic E-state index is 14.1. The largest absolute Gasteiger partial charge is 0.497 e. The molecule has 0 aliphatic carbocycles. The molecule has 1 amide bonds. The molecule has 2 aliphatic rings. The first kappa shape index (κ1) is 27.3. The van der Waals surface area contributed by atoms with Crippen LogP contribution in [0.1, 0.15) is 41.0 Å². The summed E-state index contributed by atoms with van der Waals surface area (Å²) in [7, 11) is -1.47. The van der Waals surface area contributed by atoms with Crippen LogP contribution in [-0.4, -0.2) is 78.8 Å². The van der Waals surface area contributed by atoms with E-state index in [-0.39, 0.29) is 23.5 Å². The van der Waals surface area contributed by atoms with Crippen LogP contribution in [0.4, 0.5) is 5.69 Å². The molecule has 41 heavy (non-hydrogen) atoms. The molecule has 0 N–H and O–H groups in total. The molecule has 2 fully saturated rings. The van der Waals surface area contributed by atoms with Crippen LogP contribution in [0.3, 0.4) is 0 Å². The number of nitrogens with zero attached hydrogens (tertiary/aromatic N) is 5. The van der Waals surface area contributed by atoms with Crippen molar-refractivity contribution < 1.29 is 17.9 Å². The number of rotatable bonds is 6.